The van der Waals surface area contributed by atoms with Crippen molar-refractivity contribution < 1.29 is 9.18 Å². The zero-order valence-corrected chi connectivity index (χ0v) is 16.0. The zero-order valence-electron chi connectivity index (χ0n) is 14.4. The number of anilines is 1. The predicted octanol–water partition coefficient (Wildman–Crippen LogP) is 5.97. The first-order valence-corrected chi connectivity index (χ1v) is 9.62. The highest BCUT2D eigenvalue weighted by Crippen LogP contribution is 2.35. The van der Waals surface area contributed by atoms with Crippen molar-refractivity contribution in [3.8, 4) is 11.1 Å². The second kappa shape index (κ2) is 7.54. The van der Waals surface area contributed by atoms with Gasteiger partial charge in [-0.05, 0) is 30.3 Å². The highest BCUT2D eigenvalue weighted by Gasteiger charge is 2.20. The van der Waals surface area contributed by atoms with Crippen molar-refractivity contribution in [1.82, 2.24) is 0 Å². The smallest absolute Gasteiger partial charge is 0.257 e. The van der Waals surface area contributed by atoms with Crippen LogP contribution in [0.15, 0.2) is 77.6 Å². The summed E-state index contributed by atoms with van der Waals surface area (Å²) in [4.78, 5) is 25.9. The van der Waals surface area contributed by atoms with Gasteiger partial charge in [-0.2, -0.15) is 0 Å². The van der Waals surface area contributed by atoms with Gasteiger partial charge in [-0.25, -0.2) is 4.39 Å². The van der Waals surface area contributed by atoms with Gasteiger partial charge in [-0.1, -0.05) is 54.1 Å². The summed E-state index contributed by atoms with van der Waals surface area (Å²) in [7, 11) is 0. The minimum Gasteiger partial charge on any atom is -0.313 e. The van der Waals surface area contributed by atoms with Gasteiger partial charge in [0, 0.05) is 15.6 Å². The standard InChI is InChI=1S/C22H13ClFNO2S/c23-16-10-4-1-7-13(16)21(27)25-22-19(14-8-2-5-11-17(14)24)20(26)15-9-3-6-12-18(15)28-22/h1-12H,(H,25,27). The van der Waals surface area contributed by atoms with E-state index in [1.165, 1.54) is 23.5 Å². The third-order valence-corrected chi connectivity index (χ3v) is 5.70. The van der Waals surface area contributed by atoms with E-state index in [0.717, 1.165) is 0 Å². The van der Waals surface area contributed by atoms with Crippen molar-refractivity contribution in [3.05, 3.63) is 99.4 Å². The number of hydrogen-bond donors (Lipinski definition) is 1. The van der Waals surface area contributed by atoms with E-state index < -0.39 is 11.7 Å². The minimum atomic E-state index is -0.532. The molecule has 4 rings (SSSR count). The van der Waals surface area contributed by atoms with E-state index in [0.29, 0.717) is 15.1 Å². The average molecular weight is 410 g/mol. The van der Waals surface area contributed by atoms with Gasteiger partial charge in [0.25, 0.3) is 5.91 Å². The molecule has 0 fully saturated rings. The zero-order chi connectivity index (χ0) is 19.7. The molecule has 0 saturated heterocycles. The second-order valence-corrected chi connectivity index (χ2v) is 7.50. The van der Waals surface area contributed by atoms with Gasteiger partial charge in [0.05, 0.1) is 16.1 Å². The first-order chi connectivity index (χ1) is 13.6. The SMILES string of the molecule is O=C(Nc1sc2ccccc2c(=O)c1-c1ccccc1F)c1ccccc1Cl. The van der Waals surface area contributed by atoms with E-state index in [2.05, 4.69) is 5.32 Å². The molecular weight excluding hydrogens is 397 g/mol. The monoisotopic (exact) mass is 409 g/mol. The number of carbonyl (C=O) groups is 1. The molecule has 0 bridgehead atoms. The molecule has 1 N–H and O–H groups in total. The van der Waals surface area contributed by atoms with Crippen molar-refractivity contribution in [3.63, 3.8) is 0 Å². The van der Waals surface area contributed by atoms with E-state index in [4.69, 9.17) is 11.6 Å². The number of rotatable bonds is 3. The lowest BCUT2D eigenvalue weighted by atomic mass is 10.0. The van der Waals surface area contributed by atoms with Crippen LogP contribution in [0.1, 0.15) is 10.4 Å². The molecule has 0 spiro atoms. The Morgan fingerprint density at radius 1 is 0.929 bits per heavy atom. The maximum Gasteiger partial charge on any atom is 0.257 e. The number of benzene rings is 3. The molecule has 28 heavy (non-hydrogen) atoms. The summed E-state index contributed by atoms with van der Waals surface area (Å²) >= 11 is 7.33. The number of nitrogens with one attached hydrogen (secondary N) is 1. The van der Waals surface area contributed by atoms with Crippen LogP contribution in [0, 0.1) is 5.82 Å². The molecule has 0 aliphatic heterocycles. The van der Waals surface area contributed by atoms with Crippen molar-refractivity contribution in [2.45, 2.75) is 0 Å². The molecule has 138 valence electrons. The Labute approximate surface area is 169 Å². The second-order valence-electron chi connectivity index (χ2n) is 6.05. The molecule has 3 nitrogen and oxygen atoms in total. The van der Waals surface area contributed by atoms with Gasteiger partial charge < -0.3 is 5.32 Å². The quantitative estimate of drug-likeness (QED) is 0.453. The van der Waals surface area contributed by atoms with Crippen molar-refractivity contribution in [1.29, 1.82) is 0 Å². The van der Waals surface area contributed by atoms with E-state index in [-0.39, 0.29) is 27.1 Å². The fourth-order valence-electron chi connectivity index (χ4n) is 2.95. The van der Waals surface area contributed by atoms with E-state index in [9.17, 15) is 14.0 Å². The van der Waals surface area contributed by atoms with Gasteiger partial charge >= 0.3 is 0 Å². The molecule has 0 aliphatic rings. The van der Waals surface area contributed by atoms with Crippen molar-refractivity contribution in [2.24, 2.45) is 0 Å². The van der Waals surface area contributed by atoms with Gasteiger partial charge in [0.15, 0.2) is 5.43 Å². The highest BCUT2D eigenvalue weighted by molar-refractivity contribution is 7.22. The third kappa shape index (κ3) is 3.30. The van der Waals surface area contributed by atoms with Crippen LogP contribution in [0.2, 0.25) is 5.02 Å². The Hall–Kier alpha value is -3.02. The maximum absolute atomic E-state index is 14.5. The molecule has 0 aliphatic carbocycles. The normalized spacial score (nSPS) is 10.8. The molecule has 0 atom stereocenters. The van der Waals surface area contributed by atoms with Crippen LogP contribution in [-0.4, -0.2) is 5.91 Å². The topological polar surface area (TPSA) is 46.2 Å². The van der Waals surface area contributed by atoms with Crippen LogP contribution in [0.25, 0.3) is 21.2 Å². The summed E-state index contributed by atoms with van der Waals surface area (Å²) in [6, 6.07) is 19.7. The molecule has 1 aromatic heterocycles. The van der Waals surface area contributed by atoms with Crippen LogP contribution in [0.3, 0.4) is 0 Å². The number of fused-ring (bicyclic) bond motifs is 1. The first-order valence-electron chi connectivity index (χ1n) is 8.43. The van der Waals surface area contributed by atoms with Gasteiger partial charge in [0.1, 0.15) is 10.8 Å². The predicted molar refractivity (Wildman–Crippen MR) is 113 cm³/mol. The Morgan fingerprint density at radius 2 is 1.61 bits per heavy atom. The lowest BCUT2D eigenvalue weighted by Crippen LogP contribution is -2.16. The fraction of sp³-hybridized carbons (Fsp3) is 0. The number of carbonyl (C=O) groups excluding carboxylic acids is 1. The van der Waals surface area contributed by atoms with Crippen LogP contribution >= 0.6 is 22.9 Å². The van der Waals surface area contributed by atoms with Crippen LogP contribution in [0.4, 0.5) is 9.39 Å². The molecule has 3 aromatic carbocycles. The minimum absolute atomic E-state index is 0.127. The fourth-order valence-corrected chi connectivity index (χ4v) is 4.26. The number of amides is 1. The molecule has 0 saturated carbocycles. The van der Waals surface area contributed by atoms with Crippen molar-refractivity contribution >= 4 is 43.9 Å². The summed E-state index contributed by atoms with van der Waals surface area (Å²) in [6.45, 7) is 0. The number of hydrogen-bond acceptors (Lipinski definition) is 3. The van der Waals surface area contributed by atoms with Gasteiger partial charge in [-0.3, -0.25) is 9.59 Å². The molecule has 0 unspecified atom stereocenters. The molecule has 0 radical (unpaired) electrons. The summed E-state index contributed by atoms with van der Waals surface area (Å²) in [5.74, 6) is -0.996. The average Bonchev–Trinajstić information content (AvgIpc) is 2.69. The van der Waals surface area contributed by atoms with Gasteiger partial charge in [0.2, 0.25) is 0 Å². The molecule has 1 heterocycles. The lowest BCUT2D eigenvalue weighted by Gasteiger charge is -2.13. The van der Waals surface area contributed by atoms with Crippen LogP contribution in [0.5, 0.6) is 0 Å². The molecule has 4 aromatic rings. The largest absolute Gasteiger partial charge is 0.313 e. The Bertz CT molecular complexity index is 1270. The number of halogens is 2. The first kappa shape index (κ1) is 18.3. The van der Waals surface area contributed by atoms with E-state index in [1.807, 2.05) is 0 Å². The van der Waals surface area contributed by atoms with Gasteiger partial charge in [-0.15, -0.1) is 11.3 Å². The summed E-state index contributed by atoms with van der Waals surface area (Å²) in [6.07, 6.45) is 0. The van der Waals surface area contributed by atoms with Crippen molar-refractivity contribution in [2.75, 3.05) is 5.32 Å². The summed E-state index contributed by atoms with van der Waals surface area (Å²) < 4.78 is 15.2. The van der Waals surface area contributed by atoms with Crippen LogP contribution < -0.4 is 10.7 Å². The van der Waals surface area contributed by atoms with E-state index >= 15 is 0 Å². The van der Waals surface area contributed by atoms with E-state index in [1.54, 1.807) is 60.7 Å². The summed E-state index contributed by atoms with van der Waals surface area (Å²) in [5.41, 5.74) is 0.205. The molecule has 1 amide bonds. The lowest BCUT2D eigenvalue weighted by molar-refractivity contribution is 0.102. The Balaban J connectivity index is 1.93. The third-order valence-electron chi connectivity index (χ3n) is 4.29. The highest BCUT2D eigenvalue weighted by atomic mass is 35.5. The Kier molecular flexibility index (Phi) is 4.94. The molecule has 6 heteroatoms. The Morgan fingerprint density at radius 3 is 2.39 bits per heavy atom. The maximum atomic E-state index is 14.5. The summed E-state index contributed by atoms with van der Waals surface area (Å²) in [5, 5.41) is 3.80. The van der Waals surface area contributed by atoms with Crippen LogP contribution in [-0.2, 0) is 0 Å². The molecular formula is C22H13ClFNO2S.